The van der Waals surface area contributed by atoms with Gasteiger partial charge in [0.2, 0.25) is 10.0 Å². The zero-order chi connectivity index (χ0) is 21.7. The highest BCUT2D eigenvalue weighted by molar-refractivity contribution is 7.89. The summed E-state index contributed by atoms with van der Waals surface area (Å²) in [4.78, 5) is 13.0. The average molecular weight is 449 g/mol. The maximum absolute atomic E-state index is 13.2. The molecule has 30 heavy (non-hydrogen) atoms. The minimum absolute atomic E-state index is 0.00166. The first-order valence-corrected chi connectivity index (χ1v) is 12.4. The van der Waals surface area contributed by atoms with Gasteiger partial charge in [0.15, 0.2) is 0 Å². The van der Waals surface area contributed by atoms with Gasteiger partial charge in [-0.05, 0) is 55.0 Å². The van der Waals surface area contributed by atoms with Gasteiger partial charge in [-0.15, -0.1) is 0 Å². The van der Waals surface area contributed by atoms with E-state index in [0.717, 1.165) is 55.3 Å². The van der Waals surface area contributed by atoms with Crippen molar-refractivity contribution in [2.75, 3.05) is 18.4 Å². The summed E-state index contributed by atoms with van der Waals surface area (Å²) in [6.07, 6.45) is 5.31. The van der Waals surface area contributed by atoms with Gasteiger partial charge in [-0.1, -0.05) is 56.5 Å². The van der Waals surface area contributed by atoms with Gasteiger partial charge in [0, 0.05) is 24.3 Å². The number of hydrogen-bond acceptors (Lipinski definition) is 3. The summed E-state index contributed by atoms with van der Waals surface area (Å²) in [7, 11) is -3.75. The van der Waals surface area contributed by atoms with Crippen molar-refractivity contribution in [1.29, 1.82) is 0 Å². The first-order chi connectivity index (χ1) is 14.4. The third-order valence-electron chi connectivity index (χ3n) is 5.61. The molecule has 2 aromatic rings. The van der Waals surface area contributed by atoms with E-state index in [1.807, 2.05) is 32.0 Å². The molecule has 0 atom stereocenters. The van der Waals surface area contributed by atoms with E-state index in [4.69, 9.17) is 11.6 Å². The van der Waals surface area contributed by atoms with Gasteiger partial charge in [-0.3, -0.25) is 4.79 Å². The van der Waals surface area contributed by atoms with Crippen molar-refractivity contribution in [1.82, 2.24) is 4.31 Å². The van der Waals surface area contributed by atoms with Gasteiger partial charge < -0.3 is 5.32 Å². The van der Waals surface area contributed by atoms with E-state index >= 15 is 0 Å². The van der Waals surface area contributed by atoms with Gasteiger partial charge in [0.05, 0.1) is 5.02 Å². The summed E-state index contributed by atoms with van der Waals surface area (Å²) < 4.78 is 27.9. The van der Waals surface area contributed by atoms with E-state index in [0.29, 0.717) is 13.1 Å². The SMILES string of the molecule is CCc1cccc(CC)c1NC(=O)c1ccc(Cl)c(S(=O)(=O)N2CCCCCC2)c1. The number of halogens is 1. The number of anilines is 1. The fraction of sp³-hybridized carbons (Fsp3) is 0.435. The van der Waals surface area contributed by atoms with Crippen molar-refractivity contribution in [3.8, 4) is 0 Å². The third kappa shape index (κ3) is 4.88. The van der Waals surface area contributed by atoms with Crippen molar-refractivity contribution in [2.24, 2.45) is 0 Å². The minimum Gasteiger partial charge on any atom is -0.321 e. The zero-order valence-electron chi connectivity index (χ0n) is 17.6. The molecule has 162 valence electrons. The average Bonchev–Trinajstić information content (AvgIpc) is 3.04. The monoisotopic (exact) mass is 448 g/mol. The lowest BCUT2D eigenvalue weighted by molar-refractivity contribution is 0.102. The molecule has 7 heteroatoms. The van der Waals surface area contributed by atoms with Crippen molar-refractivity contribution in [3.05, 3.63) is 58.1 Å². The van der Waals surface area contributed by atoms with Crippen LogP contribution in [0.1, 0.15) is 61.0 Å². The molecule has 0 spiro atoms. The highest BCUT2D eigenvalue weighted by Gasteiger charge is 2.28. The smallest absolute Gasteiger partial charge is 0.255 e. The van der Waals surface area contributed by atoms with Crippen LogP contribution < -0.4 is 5.32 Å². The molecular weight excluding hydrogens is 420 g/mol. The lowest BCUT2D eigenvalue weighted by Crippen LogP contribution is -2.32. The standard InChI is InChI=1S/C23H29ClN2O3S/c1-3-17-10-9-11-18(4-2)22(17)25-23(27)19-12-13-20(24)21(16-19)30(28,29)26-14-7-5-6-8-15-26/h9-13,16H,3-8,14-15H2,1-2H3,(H,25,27). The molecule has 1 N–H and O–H groups in total. The van der Waals surface area contributed by atoms with Gasteiger partial charge in [-0.2, -0.15) is 4.31 Å². The molecule has 3 rings (SSSR count). The Kier molecular flexibility index (Phi) is 7.55. The van der Waals surface area contributed by atoms with E-state index in [-0.39, 0.29) is 21.4 Å². The number of rotatable bonds is 6. The van der Waals surface area contributed by atoms with Crippen LogP contribution in [0.3, 0.4) is 0 Å². The van der Waals surface area contributed by atoms with E-state index in [1.54, 1.807) is 6.07 Å². The molecule has 1 heterocycles. The number of para-hydroxylation sites is 1. The second-order valence-corrected chi connectivity index (χ2v) is 9.89. The minimum atomic E-state index is -3.75. The molecule has 0 saturated carbocycles. The van der Waals surface area contributed by atoms with Crippen LogP contribution in [0, 0.1) is 0 Å². The normalized spacial score (nSPS) is 15.6. The number of carbonyl (C=O) groups excluding carboxylic acids is 1. The van der Waals surface area contributed by atoms with Crippen LogP contribution in [0.15, 0.2) is 41.3 Å². The molecular formula is C23H29ClN2O3S. The molecule has 1 fully saturated rings. The Morgan fingerprint density at radius 3 is 2.17 bits per heavy atom. The quantitative estimate of drug-likeness (QED) is 0.653. The Hall–Kier alpha value is -1.89. The van der Waals surface area contributed by atoms with E-state index in [1.165, 1.54) is 16.4 Å². The van der Waals surface area contributed by atoms with Crippen molar-refractivity contribution in [3.63, 3.8) is 0 Å². The highest BCUT2D eigenvalue weighted by Crippen LogP contribution is 2.29. The molecule has 0 aliphatic carbocycles. The van der Waals surface area contributed by atoms with Gasteiger partial charge >= 0.3 is 0 Å². The van der Waals surface area contributed by atoms with Crippen LogP contribution in [-0.2, 0) is 22.9 Å². The maximum Gasteiger partial charge on any atom is 0.255 e. The predicted octanol–water partition coefficient (Wildman–Crippen LogP) is 5.28. The van der Waals surface area contributed by atoms with Crippen LogP contribution in [0.4, 0.5) is 5.69 Å². The van der Waals surface area contributed by atoms with Crippen molar-refractivity contribution in [2.45, 2.75) is 57.3 Å². The second-order valence-electron chi connectivity index (χ2n) is 7.58. The third-order valence-corrected chi connectivity index (χ3v) is 7.99. The van der Waals surface area contributed by atoms with Gasteiger partial charge in [-0.25, -0.2) is 8.42 Å². The van der Waals surface area contributed by atoms with Gasteiger partial charge in [0.25, 0.3) is 5.91 Å². The van der Waals surface area contributed by atoms with Crippen LogP contribution in [0.5, 0.6) is 0 Å². The summed E-state index contributed by atoms with van der Waals surface area (Å²) in [5.74, 6) is -0.338. The molecule has 0 bridgehead atoms. The summed E-state index contributed by atoms with van der Waals surface area (Å²) in [6, 6.07) is 10.4. The molecule has 1 saturated heterocycles. The van der Waals surface area contributed by atoms with Crippen molar-refractivity contribution < 1.29 is 13.2 Å². The van der Waals surface area contributed by atoms with Crippen molar-refractivity contribution >= 4 is 33.2 Å². The molecule has 0 unspecified atom stereocenters. The number of benzene rings is 2. The lowest BCUT2D eigenvalue weighted by Gasteiger charge is -2.21. The number of hydrogen-bond donors (Lipinski definition) is 1. The molecule has 2 aromatic carbocycles. The van der Waals surface area contributed by atoms with Crippen LogP contribution in [-0.4, -0.2) is 31.7 Å². The Bertz CT molecular complexity index is 991. The number of nitrogens with zero attached hydrogens (tertiary/aromatic N) is 1. The van der Waals surface area contributed by atoms with Crippen LogP contribution in [0.2, 0.25) is 5.02 Å². The topological polar surface area (TPSA) is 66.5 Å². The Balaban J connectivity index is 1.93. The lowest BCUT2D eigenvalue weighted by atomic mass is 10.0. The number of sulfonamides is 1. The first-order valence-electron chi connectivity index (χ1n) is 10.6. The number of nitrogens with one attached hydrogen (secondary N) is 1. The fourth-order valence-corrected chi connectivity index (χ4v) is 5.87. The van der Waals surface area contributed by atoms with Gasteiger partial charge in [0.1, 0.15) is 4.90 Å². The van der Waals surface area contributed by atoms with Crippen LogP contribution in [0.25, 0.3) is 0 Å². The summed E-state index contributed by atoms with van der Waals surface area (Å²) in [5, 5.41) is 3.13. The maximum atomic E-state index is 13.2. The first kappa shape index (κ1) is 22.8. The number of carbonyl (C=O) groups is 1. The Morgan fingerprint density at radius 2 is 1.60 bits per heavy atom. The molecule has 0 aromatic heterocycles. The Morgan fingerprint density at radius 1 is 1.00 bits per heavy atom. The summed E-state index contributed by atoms with van der Waals surface area (Å²) in [6.45, 7) is 5.05. The summed E-state index contributed by atoms with van der Waals surface area (Å²) in [5.41, 5.74) is 3.18. The zero-order valence-corrected chi connectivity index (χ0v) is 19.2. The molecule has 1 aliphatic rings. The molecule has 1 amide bonds. The highest BCUT2D eigenvalue weighted by atomic mass is 35.5. The molecule has 0 radical (unpaired) electrons. The molecule has 1 aliphatic heterocycles. The van der Waals surface area contributed by atoms with E-state index in [2.05, 4.69) is 5.32 Å². The Labute approximate surface area is 184 Å². The number of amides is 1. The fourth-order valence-electron chi connectivity index (χ4n) is 3.85. The van der Waals surface area contributed by atoms with E-state index in [9.17, 15) is 13.2 Å². The van der Waals surface area contributed by atoms with E-state index < -0.39 is 10.0 Å². The molecule has 5 nitrogen and oxygen atoms in total. The predicted molar refractivity (Wildman–Crippen MR) is 122 cm³/mol. The summed E-state index contributed by atoms with van der Waals surface area (Å²) >= 11 is 6.26. The second kappa shape index (κ2) is 9.94. The number of aryl methyl sites for hydroxylation is 2. The largest absolute Gasteiger partial charge is 0.321 e. The van der Waals surface area contributed by atoms with Crippen LogP contribution >= 0.6 is 11.6 Å².